The Kier molecular flexibility index (Phi) is 4.42. The Morgan fingerprint density at radius 3 is 2.62 bits per heavy atom. The fourth-order valence-corrected chi connectivity index (χ4v) is 3.00. The molecule has 0 N–H and O–H groups in total. The molecule has 4 nitrogen and oxygen atoms in total. The van der Waals surface area contributed by atoms with Crippen molar-refractivity contribution in [3.63, 3.8) is 0 Å². The van der Waals surface area contributed by atoms with Gasteiger partial charge in [-0.1, -0.05) is 18.2 Å². The van der Waals surface area contributed by atoms with Crippen molar-refractivity contribution in [2.24, 2.45) is 0 Å². The fraction of sp³-hybridized carbons (Fsp3) is 0.368. The van der Waals surface area contributed by atoms with Crippen LogP contribution in [-0.2, 0) is 10.9 Å². The van der Waals surface area contributed by atoms with Crippen molar-refractivity contribution in [1.82, 2.24) is 4.98 Å². The van der Waals surface area contributed by atoms with Crippen molar-refractivity contribution in [3.8, 4) is 0 Å². The zero-order valence-corrected chi connectivity index (χ0v) is 14.7. The Morgan fingerprint density at radius 1 is 1.23 bits per heavy atom. The van der Waals surface area contributed by atoms with Gasteiger partial charge in [0, 0.05) is 30.4 Å². The third-order valence-electron chi connectivity index (χ3n) is 4.09. The number of halogens is 3. The quantitative estimate of drug-likeness (QED) is 0.716. The van der Waals surface area contributed by atoms with Crippen LogP contribution in [0.1, 0.15) is 43.4 Å². The monoisotopic (exact) mass is 364 g/mol. The first-order valence-electron chi connectivity index (χ1n) is 8.18. The smallest absolute Gasteiger partial charge is 0.416 e. The Morgan fingerprint density at radius 2 is 1.96 bits per heavy atom. The number of carbonyl (C=O) groups excluding carboxylic acids is 1. The maximum Gasteiger partial charge on any atom is 0.416 e. The van der Waals surface area contributed by atoms with Gasteiger partial charge >= 0.3 is 12.3 Å². The molecular weight excluding hydrogens is 345 g/mol. The summed E-state index contributed by atoms with van der Waals surface area (Å²) in [4.78, 5) is 18.1. The number of amides is 1. The van der Waals surface area contributed by atoms with E-state index in [1.54, 1.807) is 45.3 Å². The zero-order chi connectivity index (χ0) is 19.1. The number of hydrogen-bond acceptors (Lipinski definition) is 3. The number of anilines is 1. The van der Waals surface area contributed by atoms with Crippen molar-refractivity contribution in [2.75, 3.05) is 11.4 Å². The molecule has 0 saturated heterocycles. The molecule has 1 amide bonds. The van der Waals surface area contributed by atoms with E-state index in [9.17, 15) is 18.0 Å². The summed E-state index contributed by atoms with van der Waals surface area (Å²) < 4.78 is 44.6. The first-order chi connectivity index (χ1) is 12.1. The van der Waals surface area contributed by atoms with Crippen LogP contribution >= 0.6 is 0 Å². The maximum atomic E-state index is 13.0. The molecule has 1 aliphatic heterocycles. The number of benzene rings is 1. The standard InChI is InChI=1S/C19H19F3N2O2/c1-18(2,3)26-17(25)24-11-15(14-10-23-8-7-16(14)24)12-5-4-6-13(9-12)19(20,21)22/h4-10,15H,11H2,1-3H3. The van der Waals surface area contributed by atoms with Gasteiger partial charge < -0.3 is 4.74 Å². The van der Waals surface area contributed by atoms with Crippen LogP contribution in [0.25, 0.3) is 0 Å². The third kappa shape index (κ3) is 3.66. The van der Waals surface area contributed by atoms with Crippen molar-refractivity contribution < 1.29 is 22.7 Å². The van der Waals surface area contributed by atoms with Gasteiger partial charge in [-0.2, -0.15) is 13.2 Å². The predicted molar refractivity (Wildman–Crippen MR) is 91.1 cm³/mol. The van der Waals surface area contributed by atoms with E-state index < -0.39 is 29.4 Å². The molecule has 2 heterocycles. The lowest BCUT2D eigenvalue weighted by atomic mass is 9.93. The van der Waals surface area contributed by atoms with Crippen LogP contribution in [0.15, 0.2) is 42.7 Å². The summed E-state index contributed by atoms with van der Waals surface area (Å²) in [6.45, 7) is 5.49. The molecule has 1 aliphatic rings. The van der Waals surface area contributed by atoms with E-state index >= 15 is 0 Å². The summed E-state index contributed by atoms with van der Waals surface area (Å²) in [6, 6.07) is 6.85. The summed E-state index contributed by atoms with van der Waals surface area (Å²) in [7, 11) is 0. The SMILES string of the molecule is CC(C)(C)OC(=O)N1CC(c2cccc(C(F)(F)F)c2)c2cnccc21. The van der Waals surface area contributed by atoms with Crippen LogP contribution in [0.2, 0.25) is 0 Å². The average molecular weight is 364 g/mol. The number of carbonyl (C=O) groups is 1. The molecule has 0 spiro atoms. The van der Waals surface area contributed by atoms with Crippen LogP contribution in [0.4, 0.5) is 23.7 Å². The number of hydrogen-bond donors (Lipinski definition) is 0. The number of alkyl halides is 3. The van der Waals surface area contributed by atoms with Crippen molar-refractivity contribution in [1.29, 1.82) is 0 Å². The zero-order valence-electron chi connectivity index (χ0n) is 14.7. The average Bonchev–Trinajstić information content (AvgIpc) is 2.92. The molecule has 26 heavy (non-hydrogen) atoms. The topological polar surface area (TPSA) is 42.4 Å². The number of rotatable bonds is 1. The van der Waals surface area contributed by atoms with Gasteiger partial charge in [0.05, 0.1) is 11.3 Å². The first kappa shape index (κ1) is 18.2. The lowest BCUT2D eigenvalue weighted by Crippen LogP contribution is -2.36. The summed E-state index contributed by atoms with van der Waals surface area (Å²) in [5, 5.41) is 0. The van der Waals surface area contributed by atoms with Gasteiger partial charge in [-0.3, -0.25) is 9.88 Å². The molecule has 0 aliphatic carbocycles. The Bertz CT molecular complexity index is 828. The second kappa shape index (κ2) is 6.30. The Hall–Kier alpha value is -2.57. The first-order valence-corrected chi connectivity index (χ1v) is 8.18. The minimum absolute atomic E-state index is 0.206. The molecule has 1 atom stereocenters. The van der Waals surface area contributed by atoms with E-state index in [0.29, 0.717) is 16.8 Å². The van der Waals surface area contributed by atoms with Gasteiger partial charge in [0.15, 0.2) is 0 Å². The molecule has 138 valence electrons. The van der Waals surface area contributed by atoms with Crippen LogP contribution in [0.5, 0.6) is 0 Å². The van der Waals surface area contributed by atoms with Gasteiger partial charge in [0.25, 0.3) is 0 Å². The van der Waals surface area contributed by atoms with Crippen LogP contribution in [0.3, 0.4) is 0 Å². The highest BCUT2D eigenvalue weighted by Crippen LogP contribution is 2.41. The van der Waals surface area contributed by atoms with E-state index in [1.807, 2.05) is 0 Å². The number of ether oxygens (including phenoxy) is 1. The summed E-state index contributed by atoms with van der Waals surface area (Å²) in [6.07, 6.45) is -1.81. The molecule has 3 rings (SSSR count). The molecule has 1 unspecified atom stereocenters. The minimum Gasteiger partial charge on any atom is -0.443 e. The lowest BCUT2D eigenvalue weighted by Gasteiger charge is -2.25. The highest BCUT2D eigenvalue weighted by molar-refractivity contribution is 5.91. The van der Waals surface area contributed by atoms with Gasteiger partial charge in [0.1, 0.15) is 5.60 Å². The van der Waals surface area contributed by atoms with Crippen molar-refractivity contribution >= 4 is 11.8 Å². The summed E-state index contributed by atoms with van der Waals surface area (Å²) in [5.74, 6) is -0.395. The normalized spacial score (nSPS) is 17.2. The second-order valence-electron chi connectivity index (χ2n) is 7.20. The van der Waals surface area contributed by atoms with Crippen LogP contribution in [-0.4, -0.2) is 23.2 Å². The van der Waals surface area contributed by atoms with E-state index in [4.69, 9.17) is 4.74 Å². The van der Waals surface area contributed by atoms with Gasteiger partial charge in [0.2, 0.25) is 0 Å². The number of aromatic nitrogens is 1. The van der Waals surface area contributed by atoms with E-state index in [2.05, 4.69) is 4.98 Å². The predicted octanol–water partition coefficient (Wildman–Crippen LogP) is 4.99. The molecule has 1 aromatic heterocycles. The number of pyridine rings is 1. The molecule has 7 heteroatoms. The molecule has 2 aromatic rings. The molecule has 0 saturated carbocycles. The van der Waals surface area contributed by atoms with Gasteiger partial charge in [-0.05, 0) is 38.5 Å². The third-order valence-corrected chi connectivity index (χ3v) is 4.09. The van der Waals surface area contributed by atoms with Crippen LogP contribution in [0, 0.1) is 0 Å². The van der Waals surface area contributed by atoms with E-state index in [-0.39, 0.29) is 6.54 Å². The largest absolute Gasteiger partial charge is 0.443 e. The van der Waals surface area contributed by atoms with E-state index in [1.165, 1.54) is 11.0 Å². The molecule has 0 bridgehead atoms. The van der Waals surface area contributed by atoms with Crippen molar-refractivity contribution in [2.45, 2.75) is 38.5 Å². The van der Waals surface area contributed by atoms with Gasteiger partial charge in [-0.15, -0.1) is 0 Å². The molecular formula is C19H19F3N2O2. The fourth-order valence-electron chi connectivity index (χ4n) is 3.00. The molecule has 0 radical (unpaired) electrons. The Labute approximate surface area is 149 Å². The van der Waals surface area contributed by atoms with Crippen molar-refractivity contribution in [3.05, 3.63) is 59.4 Å². The Balaban J connectivity index is 1.97. The highest BCUT2D eigenvalue weighted by Gasteiger charge is 2.37. The summed E-state index contributed by atoms with van der Waals surface area (Å²) in [5.41, 5.74) is 0.420. The second-order valence-corrected chi connectivity index (χ2v) is 7.20. The molecule has 0 fully saturated rings. The number of fused-ring (bicyclic) bond motifs is 1. The lowest BCUT2D eigenvalue weighted by molar-refractivity contribution is -0.137. The molecule has 1 aromatic carbocycles. The summed E-state index contributed by atoms with van der Waals surface area (Å²) >= 11 is 0. The minimum atomic E-state index is -4.42. The maximum absolute atomic E-state index is 13.0. The number of nitrogens with zero attached hydrogens (tertiary/aromatic N) is 2. The highest BCUT2D eigenvalue weighted by atomic mass is 19.4. The van der Waals surface area contributed by atoms with Crippen LogP contribution < -0.4 is 4.90 Å². The van der Waals surface area contributed by atoms with E-state index in [0.717, 1.165) is 12.1 Å². The van der Waals surface area contributed by atoms with Gasteiger partial charge in [-0.25, -0.2) is 4.79 Å².